The van der Waals surface area contributed by atoms with Crippen LogP contribution in [0.3, 0.4) is 0 Å². The fourth-order valence-electron chi connectivity index (χ4n) is 2.08. The summed E-state index contributed by atoms with van der Waals surface area (Å²) < 4.78 is 9.83. The molecule has 2 rings (SSSR count). The first-order valence-electron chi connectivity index (χ1n) is 8.05. The van der Waals surface area contributed by atoms with Crippen LogP contribution in [0.4, 0.5) is 0 Å². The fraction of sp³-hybridized carbons (Fsp3) is 0.222. The van der Waals surface area contributed by atoms with Gasteiger partial charge in [0.2, 0.25) is 0 Å². The molecule has 0 radical (unpaired) electrons. The molecule has 0 spiro atoms. The molecule has 1 heterocycles. The highest BCUT2D eigenvalue weighted by atomic mass is 35.5. The summed E-state index contributed by atoms with van der Waals surface area (Å²) in [7, 11) is 1.39. The van der Waals surface area contributed by atoms with E-state index < -0.39 is 24.4 Å². The minimum Gasteiger partial charge on any atom is -0.496 e. The van der Waals surface area contributed by atoms with Crippen LogP contribution in [0.25, 0.3) is 0 Å². The first kappa shape index (κ1) is 21.4. The van der Waals surface area contributed by atoms with Gasteiger partial charge in [0, 0.05) is 11.4 Å². The van der Waals surface area contributed by atoms with Crippen molar-refractivity contribution in [3.8, 4) is 5.75 Å². The number of hydrazine groups is 1. The normalized spacial score (nSPS) is 10.1. The van der Waals surface area contributed by atoms with Crippen LogP contribution in [0.2, 0.25) is 5.02 Å². The summed E-state index contributed by atoms with van der Waals surface area (Å²) in [4.78, 5) is 47.8. The van der Waals surface area contributed by atoms with E-state index in [1.807, 2.05) is 0 Å². The second-order valence-corrected chi connectivity index (χ2v) is 6.79. The summed E-state index contributed by atoms with van der Waals surface area (Å²) in [6.07, 6.45) is -0.150. The Morgan fingerprint density at radius 2 is 1.89 bits per heavy atom. The SMILES string of the molecule is COc1ccc(Cl)cc1C(=O)NNC(=O)COC(=O)CCC(=O)c1cccs1. The Bertz CT molecular complexity index is 869. The van der Waals surface area contributed by atoms with Gasteiger partial charge in [0.05, 0.1) is 24.0 Å². The quantitative estimate of drug-likeness (QED) is 0.382. The van der Waals surface area contributed by atoms with Crippen LogP contribution in [0, 0.1) is 0 Å². The summed E-state index contributed by atoms with van der Waals surface area (Å²) >= 11 is 7.13. The molecule has 0 atom stereocenters. The van der Waals surface area contributed by atoms with E-state index in [9.17, 15) is 19.2 Å². The number of halogens is 1. The maximum atomic E-state index is 12.1. The maximum absolute atomic E-state index is 12.1. The predicted molar refractivity (Wildman–Crippen MR) is 102 cm³/mol. The van der Waals surface area contributed by atoms with Gasteiger partial charge < -0.3 is 9.47 Å². The number of ether oxygens (including phenoxy) is 2. The first-order valence-corrected chi connectivity index (χ1v) is 9.31. The molecule has 1 aromatic carbocycles. The number of rotatable bonds is 8. The molecule has 0 bridgehead atoms. The molecule has 28 heavy (non-hydrogen) atoms. The van der Waals surface area contributed by atoms with Gasteiger partial charge in [-0.2, -0.15) is 0 Å². The third-order valence-electron chi connectivity index (χ3n) is 3.44. The number of thiophene rings is 1. The molecule has 0 saturated carbocycles. The van der Waals surface area contributed by atoms with Crippen LogP contribution in [0.5, 0.6) is 5.75 Å². The van der Waals surface area contributed by atoms with Gasteiger partial charge in [-0.1, -0.05) is 17.7 Å². The molecular weight excluding hydrogens is 408 g/mol. The summed E-state index contributed by atoms with van der Waals surface area (Å²) in [5.74, 6) is -1.98. The summed E-state index contributed by atoms with van der Waals surface area (Å²) in [6, 6.07) is 7.86. The fourth-order valence-corrected chi connectivity index (χ4v) is 2.95. The zero-order chi connectivity index (χ0) is 20.5. The number of hydrogen-bond donors (Lipinski definition) is 2. The Morgan fingerprint density at radius 1 is 1.11 bits per heavy atom. The van der Waals surface area contributed by atoms with Crippen molar-refractivity contribution in [2.24, 2.45) is 0 Å². The number of carbonyl (C=O) groups is 4. The molecule has 0 aliphatic rings. The van der Waals surface area contributed by atoms with E-state index in [0.717, 1.165) is 0 Å². The van der Waals surface area contributed by atoms with Crippen molar-refractivity contribution in [2.75, 3.05) is 13.7 Å². The second kappa shape index (κ2) is 10.4. The van der Waals surface area contributed by atoms with Crippen LogP contribution in [-0.4, -0.2) is 37.3 Å². The van der Waals surface area contributed by atoms with E-state index in [-0.39, 0.29) is 29.9 Å². The third-order valence-corrected chi connectivity index (χ3v) is 4.58. The lowest BCUT2D eigenvalue weighted by Gasteiger charge is -2.11. The highest BCUT2D eigenvalue weighted by molar-refractivity contribution is 7.12. The summed E-state index contributed by atoms with van der Waals surface area (Å²) in [5.41, 5.74) is 4.41. The zero-order valence-corrected chi connectivity index (χ0v) is 16.4. The van der Waals surface area contributed by atoms with Gasteiger partial charge in [0.1, 0.15) is 5.75 Å². The van der Waals surface area contributed by atoms with Crippen molar-refractivity contribution in [3.63, 3.8) is 0 Å². The molecule has 1 aromatic heterocycles. The van der Waals surface area contributed by atoms with Crippen LogP contribution in [0.1, 0.15) is 32.9 Å². The van der Waals surface area contributed by atoms with Crippen LogP contribution in [0.15, 0.2) is 35.7 Å². The van der Waals surface area contributed by atoms with E-state index in [1.54, 1.807) is 23.6 Å². The first-order chi connectivity index (χ1) is 13.4. The molecular formula is C18H17ClN2O6S. The van der Waals surface area contributed by atoms with E-state index in [0.29, 0.717) is 9.90 Å². The number of ketones is 1. The van der Waals surface area contributed by atoms with Gasteiger partial charge in [0.15, 0.2) is 12.4 Å². The van der Waals surface area contributed by atoms with Crippen LogP contribution >= 0.6 is 22.9 Å². The molecule has 10 heteroatoms. The van der Waals surface area contributed by atoms with E-state index in [1.165, 1.54) is 30.6 Å². The standard InChI is InChI=1S/C18H17ClN2O6S/c1-26-14-6-4-11(19)9-12(14)18(25)21-20-16(23)10-27-17(24)7-5-13(22)15-3-2-8-28-15/h2-4,6,8-9H,5,7,10H2,1H3,(H,20,23)(H,21,25). The number of nitrogens with one attached hydrogen (secondary N) is 2. The van der Waals surface area contributed by atoms with Gasteiger partial charge in [-0.05, 0) is 29.6 Å². The minimum absolute atomic E-state index is 0.00768. The Balaban J connectivity index is 1.72. The van der Waals surface area contributed by atoms with Gasteiger partial charge in [0.25, 0.3) is 11.8 Å². The largest absolute Gasteiger partial charge is 0.496 e. The highest BCUT2D eigenvalue weighted by Crippen LogP contribution is 2.22. The number of amides is 2. The van der Waals surface area contributed by atoms with Crippen molar-refractivity contribution in [1.29, 1.82) is 0 Å². The molecule has 8 nitrogen and oxygen atoms in total. The Labute approximate surface area is 169 Å². The number of carbonyl (C=O) groups excluding carboxylic acids is 4. The van der Waals surface area contributed by atoms with E-state index in [4.69, 9.17) is 21.1 Å². The van der Waals surface area contributed by atoms with Crippen molar-refractivity contribution >= 4 is 46.5 Å². The van der Waals surface area contributed by atoms with Crippen molar-refractivity contribution in [2.45, 2.75) is 12.8 Å². The van der Waals surface area contributed by atoms with Crippen molar-refractivity contribution in [3.05, 3.63) is 51.2 Å². The monoisotopic (exact) mass is 424 g/mol. The Morgan fingerprint density at radius 3 is 2.57 bits per heavy atom. The average Bonchev–Trinajstić information content (AvgIpc) is 3.23. The topological polar surface area (TPSA) is 111 Å². The number of methoxy groups -OCH3 is 1. The zero-order valence-electron chi connectivity index (χ0n) is 14.8. The Hall–Kier alpha value is -2.91. The molecule has 0 fully saturated rings. The number of hydrogen-bond acceptors (Lipinski definition) is 7. The Kier molecular flexibility index (Phi) is 7.97. The van der Waals surface area contributed by atoms with Gasteiger partial charge in [-0.3, -0.25) is 30.0 Å². The second-order valence-electron chi connectivity index (χ2n) is 5.41. The lowest BCUT2D eigenvalue weighted by molar-refractivity contribution is -0.148. The van der Waals surface area contributed by atoms with Gasteiger partial charge in [-0.15, -0.1) is 11.3 Å². The summed E-state index contributed by atoms with van der Waals surface area (Å²) in [6.45, 7) is -0.598. The van der Waals surface area contributed by atoms with Crippen molar-refractivity contribution in [1.82, 2.24) is 10.9 Å². The van der Waals surface area contributed by atoms with E-state index >= 15 is 0 Å². The van der Waals surface area contributed by atoms with Gasteiger partial charge in [-0.25, -0.2) is 0 Å². The number of esters is 1. The highest BCUT2D eigenvalue weighted by Gasteiger charge is 2.15. The lowest BCUT2D eigenvalue weighted by atomic mass is 10.2. The van der Waals surface area contributed by atoms with Crippen molar-refractivity contribution < 1.29 is 28.7 Å². The molecule has 148 valence electrons. The molecule has 2 amide bonds. The number of benzene rings is 1. The molecule has 2 N–H and O–H groups in total. The van der Waals surface area contributed by atoms with Crippen LogP contribution in [-0.2, 0) is 14.3 Å². The summed E-state index contributed by atoms with van der Waals surface area (Å²) in [5, 5.41) is 2.09. The minimum atomic E-state index is -0.743. The number of Topliss-reactive ketones (excluding diaryl/α,β-unsaturated/α-hetero) is 1. The lowest BCUT2D eigenvalue weighted by Crippen LogP contribution is -2.43. The maximum Gasteiger partial charge on any atom is 0.306 e. The smallest absolute Gasteiger partial charge is 0.306 e. The van der Waals surface area contributed by atoms with Gasteiger partial charge >= 0.3 is 5.97 Å². The molecule has 0 aliphatic heterocycles. The van der Waals surface area contributed by atoms with E-state index in [2.05, 4.69) is 10.9 Å². The molecule has 0 unspecified atom stereocenters. The predicted octanol–water partition coefficient (Wildman–Crippen LogP) is 2.38. The third kappa shape index (κ3) is 6.36. The molecule has 0 saturated heterocycles. The molecule has 0 aliphatic carbocycles. The van der Waals surface area contributed by atoms with Crippen LogP contribution < -0.4 is 15.6 Å². The average molecular weight is 425 g/mol. The molecule has 2 aromatic rings.